The van der Waals surface area contributed by atoms with Gasteiger partial charge in [0.1, 0.15) is 29.4 Å². The van der Waals surface area contributed by atoms with Crippen LogP contribution in [0.5, 0.6) is 11.5 Å². The number of halogens is 2. The summed E-state index contributed by atoms with van der Waals surface area (Å²) in [5, 5.41) is 1.63. The highest BCUT2D eigenvalue weighted by Crippen LogP contribution is 2.29. The lowest BCUT2D eigenvalue weighted by molar-refractivity contribution is 0.208. The van der Waals surface area contributed by atoms with Gasteiger partial charge in [-0.15, -0.1) is 0 Å². The molecule has 4 rings (SSSR count). The summed E-state index contributed by atoms with van der Waals surface area (Å²) in [7, 11) is 2.22. The first kappa shape index (κ1) is 24.4. The molecule has 0 unspecified atom stereocenters. The van der Waals surface area contributed by atoms with E-state index in [-0.39, 0.29) is 0 Å². The number of para-hydroxylation sites is 1. The molecule has 0 atom stereocenters. The summed E-state index contributed by atoms with van der Waals surface area (Å²) < 4.78 is 14.4. The summed E-state index contributed by atoms with van der Waals surface area (Å²) in [5.74, 6) is 3.39. The van der Waals surface area contributed by atoms with Crippen molar-refractivity contribution in [1.82, 2.24) is 14.5 Å². The number of alkyl halides is 1. The van der Waals surface area contributed by atoms with Crippen LogP contribution >= 0.6 is 27.5 Å². The zero-order valence-electron chi connectivity index (χ0n) is 19.3. The van der Waals surface area contributed by atoms with E-state index in [0.717, 1.165) is 59.0 Å². The molecule has 33 heavy (non-hydrogen) atoms. The van der Waals surface area contributed by atoms with Crippen molar-refractivity contribution in [3.05, 3.63) is 53.3 Å². The Balaban J connectivity index is 1.51. The molecule has 1 aromatic heterocycles. The van der Waals surface area contributed by atoms with Gasteiger partial charge in [0, 0.05) is 16.9 Å². The van der Waals surface area contributed by atoms with Crippen LogP contribution in [0.1, 0.15) is 37.9 Å². The van der Waals surface area contributed by atoms with E-state index in [4.69, 9.17) is 26.1 Å². The lowest BCUT2D eigenvalue weighted by Crippen LogP contribution is -2.30. The van der Waals surface area contributed by atoms with Crippen molar-refractivity contribution in [2.75, 3.05) is 32.1 Å². The Bertz CT molecular complexity index is 1020. The van der Waals surface area contributed by atoms with Gasteiger partial charge in [-0.25, -0.2) is 4.98 Å². The molecule has 0 spiro atoms. The van der Waals surface area contributed by atoms with Gasteiger partial charge >= 0.3 is 0 Å². The highest BCUT2D eigenvalue weighted by molar-refractivity contribution is 9.09. The van der Waals surface area contributed by atoms with Crippen LogP contribution in [0.3, 0.4) is 0 Å². The van der Waals surface area contributed by atoms with Crippen molar-refractivity contribution in [3.8, 4) is 11.5 Å². The summed E-state index contributed by atoms with van der Waals surface area (Å²) in [5.41, 5.74) is 2.03. The number of benzene rings is 2. The highest BCUT2D eigenvalue weighted by atomic mass is 79.9. The van der Waals surface area contributed by atoms with Gasteiger partial charge in [0.2, 0.25) is 0 Å². The molecular weight excluding hydrogens is 502 g/mol. The minimum Gasteiger partial charge on any atom is -0.491 e. The van der Waals surface area contributed by atoms with Crippen LogP contribution < -0.4 is 9.47 Å². The molecule has 0 bridgehead atoms. The molecule has 1 aliphatic heterocycles. The Morgan fingerprint density at radius 1 is 1.06 bits per heavy atom. The second kappa shape index (κ2) is 12.1. The smallest absolute Gasteiger partial charge is 0.148 e. The molecule has 2 heterocycles. The van der Waals surface area contributed by atoms with Crippen molar-refractivity contribution in [2.45, 2.75) is 45.3 Å². The summed E-state index contributed by atoms with van der Waals surface area (Å²) >= 11 is 9.49. The van der Waals surface area contributed by atoms with Crippen LogP contribution in [0.15, 0.2) is 42.5 Å². The van der Waals surface area contributed by atoms with Crippen molar-refractivity contribution >= 4 is 38.6 Å². The van der Waals surface area contributed by atoms with E-state index in [1.165, 1.54) is 32.4 Å². The number of nitrogens with zero attached hydrogens (tertiary/aromatic N) is 3. The van der Waals surface area contributed by atoms with Gasteiger partial charge in [-0.3, -0.25) is 0 Å². The summed E-state index contributed by atoms with van der Waals surface area (Å²) in [6.45, 7) is 4.45. The van der Waals surface area contributed by atoms with E-state index in [9.17, 15) is 0 Å². The lowest BCUT2D eigenvalue weighted by Gasteiger charge is -2.28. The van der Waals surface area contributed by atoms with Crippen LogP contribution in [0.2, 0.25) is 5.02 Å². The van der Waals surface area contributed by atoms with Crippen LogP contribution in [0, 0.1) is 5.92 Å². The molecular formula is C26H33BrClN3O2. The van der Waals surface area contributed by atoms with E-state index in [1.807, 2.05) is 30.3 Å². The van der Waals surface area contributed by atoms with Gasteiger partial charge in [-0.2, -0.15) is 0 Å². The molecule has 3 aromatic rings. The summed E-state index contributed by atoms with van der Waals surface area (Å²) in [4.78, 5) is 7.40. The van der Waals surface area contributed by atoms with E-state index in [1.54, 1.807) is 0 Å². The Morgan fingerprint density at radius 2 is 1.85 bits per heavy atom. The lowest BCUT2D eigenvalue weighted by atomic mass is 9.92. The average molecular weight is 535 g/mol. The minimum atomic E-state index is 0.408. The van der Waals surface area contributed by atoms with E-state index >= 15 is 0 Å². The maximum Gasteiger partial charge on any atom is 0.148 e. The quantitative estimate of drug-likeness (QED) is 0.206. The number of piperidine rings is 1. The molecule has 1 aliphatic rings. The number of imidazole rings is 1. The Morgan fingerprint density at radius 3 is 2.61 bits per heavy atom. The van der Waals surface area contributed by atoms with Crippen LogP contribution in [-0.4, -0.2) is 46.5 Å². The topological polar surface area (TPSA) is 39.5 Å². The SMILES string of the molecule is CN1CCC(CCCn2c(COc3ccc(Cl)cc3)nc3c(OCCCBr)cccc32)CC1. The van der Waals surface area contributed by atoms with Gasteiger partial charge in [-0.05, 0) is 94.6 Å². The summed E-state index contributed by atoms with van der Waals surface area (Å²) in [6.07, 6.45) is 5.97. The fourth-order valence-corrected chi connectivity index (χ4v) is 4.80. The second-order valence-electron chi connectivity index (χ2n) is 8.83. The number of hydrogen-bond donors (Lipinski definition) is 0. The number of hydrogen-bond acceptors (Lipinski definition) is 4. The third kappa shape index (κ3) is 6.65. The van der Waals surface area contributed by atoms with Gasteiger partial charge in [0.15, 0.2) is 0 Å². The van der Waals surface area contributed by atoms with E-state index < -0.39 is 0 Å². The number of aryl methyl sites for hydroxylation is 1. The molecule has 0 amide bonds. The largest absolute Gasteiger partial charge is 0.491 e. The summed E-state index contributed by atoms with van der Waals surface area (Å²) in [6, 6.07) is 13.7. The molecule has 0 radical (unpaired) electrons. The third-order valence-electron chi connectivity index (χ3n) is 6.37. The standard InChI is InChI=1S/C26H33BrClN3O2/c1-30-16-12-20(13-17-30)5-3-15-31-23-6-2-7-24(32-18-4-14-27)26(23)29-25(31)19-33-22-10-8-21(28)9-11-22/h2,6-11,20H,3-5,12-19H2,1H3. The molecule has 178 valence electrons. The Hall–Kier alpha value is -1.76. The third-order valence-corrected chi connectivity index (χ3v) is 7.18. The van der Waals surface area contributed by atoms with Crippen LogP contribution in [0.25, 0.3) is 11.0 Å². The van der Waals surface area contributed by atoms with Crippen molar-refractivity contribution in [1.29, 1.82) is 0 Å². The molecule has 0 N–H and O–H groups in total. The van der Waals surface area contributed by atoms with Gasteiger partial charge < -0.3 is 18.9 Å². The zero-order valence-corrected chi connectivity index (χ0v) is 21.7. The zero-order chi connectivity index (χ0) is 23.0. The first-order valence-corrected chi connectivity index (χ1v) is 13.4. The van der Waals surface area contributed by atoms with Gasteiger partial charge in [0.25, 0.3) is 0 Å². The fraction of sp³-hybridized carbons (Fsp3) is 0.500. The number of rotatable bonds is 11. The number of fused-ring (bicyclic) bond motifs is 1. The molecule has 0 saturated carbocycles. The molecule has 1 saturated heterocycles. The maximum absolute atomic E-state index is 6.07. The minimum absolute atomic E-state index is 0.408. The molecule has 0 aliphatic carbocycles. The van der Waals surface area contributed by atoms with E-state index in [0.29, 0.717) is 18.2 Å². The molecule has 5 nitrogen and oxygen atoms in total. The monoisotopic (exact) mass is 533 g/mol. The highest BCUT2D eigenvalue weighted by Gasteiger charge is 2.18. The number of likely N-dealkylation sites (tertiary alicyclic amines) is 1. The normalized spacial score (nSPS) is 15.2. The van der Waals surface area contributed by atoms with Gasteiger partial charge in [-0.1, -0.05) is 33.6 Å². The van der Waals surface area contributed by atoms with E-state index in [2.05, 4.69) is 44.6 Å². The Kier molecular flexibility index (Phi) is 8.93. The fourth-order valence-electron chi connectivity index (χ4n) is 4.45. The van der Waals surface area contributed by atoms with Crippen molar-refractivity contribution in [2.24, 2.45) is 5.92 Å². The molecule has 2 aromatic carbocycles. The predicted molar refractivity (Wildman–Crippen MR) is 139 cm³/mol. The van der Waals surface area contributed by atoms with Crippen molar-refractivity contribution < 1.29 is 9.47 Å². The van der Waals surface area contributed by atoms with Crippen LogP contribution in [-0.2, 0) is 13.2 Å². The number of ether oxygens (including phenoxy) is 2. The first-order chi connectivity index (χ1) is 16.1. The Labute approximate surface area is 210 Å². The predicted octanol–water partition coefficient (Wildman–Crippen LogP) is 6.55. The van der Waals surface area contributed by atoms with Crippen molar-refractivity contribution in [3.63, 3.8) is 0 Å². The molecule has 7 heteroatoms. The average Bonchev–Trinajstić information content (AvgIpc) is 3.18. The van der Waals surface area contributed by atoms with Crippen LogP contribution in [0.4, 0.5) is 0 Å². The molecule has 1 fully saturated rings. The second-order valence-corrected chi connectivity index (χ2v) is 10.1. The number of aromatic nitrogens is 2. The maximum atomic E-state index is 6.07. The first-order valence-electron chi connectivity index (χ1n) is 11.9. The van der Waals surface area contributed by atoms with Gasteiger partial charge in [0.05, 0.1) is 12.1 Å².